The first kappa shape index (κ1) is 20.9. The number of hydrogen-bond donors (Lipinski definition) is 1. The zero-order chi connectivity index (χ0) is 23.1. The van der Waals surface area contributed by atoms with Gasteiger partial charge >= 0.3 is 0 Å². The van der Waals surface area contributed by atoms with E-state index in [2.05, 4.69) is 27.5 Å². The van der Waals surface area contributed by atoms with E-state index in [9.17, 15) is 4.79 Å². The molecule has 0 fully saturated rings. The van der Waals surface area contributed by atoms with E-state index in [1.807, 2.05) is 44.2 Å². The lowest BCUT2D eigenvalue weighted by Crippen LogP contribution is -2.25. The second-order valence-electron chi connectivity index (χ2n) is 8.00. The van der Waals surface area contributed by atoms with Crippen molar-refractivity contribution in [2.45, 2.75) is 39.5 Å². The molecule has 1 atom stereocenters. The fraction of sp³-hybridized carbons (Fsp3) is 0.348. The third-order valence-corrected chi connectivity index (χ3v) is 5.78. The quantitative estimate of drug-likeness (QED) is 0.483. The molecular formula is C23H25N7O3. The van der Waals surface area contributed by atoms with E-state index in [1.54, 1.807) is 16.3 Å². The molecule has 0 bridgehead atoms. The Hall–Kier alpha value is -3.95. The van der Waals surface area contributed by atoms with Crippen molar-refractivity contribution in [3.05, 3.63) is 53.0 Å². The summed E-state index contributed by atoms with van der Waals surface area (Å²) in [5.74, 6) is 2.82. The molecule has 10 nitrogen and oxygen atoms in total. The molecule has 1 aromatic carbocycles. The molecule has 3 aromatic heterocycles. The largest absolute Gasteiger partial charge is 0.493 e. The summed E-state index contributed by atoms with van der Waals surface area (Å²) in [5.41, 5.74) is 3.29. The summed E-state index contributed by atoms with van der Waals surface area (Å²) in [4.78, 5) is 12.8. The molecule has 0 saturated carbocycles. The van der Waals surface area contributed by atoms with Crippen LogP contribution >= 0.6 is 0 Å². The van der Waals surface area contributed by atoms with Gasteiger partial charge in [0.25, 0.3) is 0 Å². The number of aryl methyl sites for hydroxylation is 2. The number of amides is 1. The number of nitrogens with zero attached hydrogens (tertiary/aromatic N) is 6. The maximum absolute atomic E-state index is 12.8. The molecular weight excluding hydrogens is 422 g/mol. The Bertz CT molecular complexity index is 1360. The van der Waals surface area contributed by atoms with Crippen molar-refractivity contribution < 1.29 is 14.3 Å². The van der Waals surface area contributed by atoms with Crippen molar-refractivity contribution in [1.82, 2.24) is 29.6 Å². The van der Waals surface area contributed by atoms with E-state index < -0.39 is 0 Å². The molecule has 4 heterocycles. The topological polar surface area (TPSA) is 108 Å². The Morgan fingerprint density at radius 1 is 1.15 bits per heavy atom. The van der Waals surface area contributed by atoms with Crippen molar-refractivity contribution in [2.75, 3.05) is 19.0 Å². The molecule has 1 amide bonds. The van der Waals surface area contributed by atoms with Crippen LogP contribution in [-0.2, 0) is 4.79 Å². The molecule has 0 spiro atoms. The zero-order valence-electron chi connectivity index (χ0n) is 19.0. The van der Waals surface area contributed by atoms with Crippen LogP contribution in [0.15, 0.2) is 30.3 Å². The number of hydrogen-bond acceptors (Lipinski definition) is 7. The Morgan fingerprint density at radius 3 is 2.79 bits per heavy atom. The molecule has 0 aliphatic carbocycles. The van der Waals surface area contributed by atoms with Crippen LogP contribution < -0.4 is 14.8 Å². The van der Waals surface area contributed by atoms with Gasteiger partial charge in [-0.3, -0.25) is 4.79 Å². The number of aromatic nitrogens is 6. The first-order valence-electron chi connectivity index (χ1n) is 10.9. The number of rotatable bonds is 6. The van der Waals surface area contributed by atoms with E-state index in [0.717, 1.165) is 23.2 Å². The number of nitrogens with one attached hydrogen (secondary N) is 1. The average molecular weight is 447 g/mol. The first-order valence-corrected chi connectivity index (χ1v) is 10.9. The van der Waals surface area contributed by atoms with Gasteiger partial charge in [0, 0.05) is 23.5 Å². The lowest BCUT2D eigenvalue weighted by molar-refractivity contribution is -0.116. The van der Waals surface area contributed by atoms with Crippen molar-refractivity contribution in [3.63, 3.8) is 0 Å². The maximum atomic E-state index is 12.8. The minimum atomic E-state index is -0.232. The lowest BCUT2D eigenvalue weighted by atomic mass is 9.85. The number of ether oxygens (including phenoxy) is 2. The summed E-state index contributed by atoms with van der Waals surface area (Å²) in [6.07, 6.45) is 1.15. The van der Waals surface area contributed by atoms with Crippen molar-refractivity contribution >= 4 is 17.4 Å². The van der Waals surface area contributed by atoms with Crippen LogP contribution in [-0.4, -0.2) is 49.2 Å². The molecule has 1 unspecified atom stereocenters. The van der Waals surface area contributed by atoms with Gasteiger partial charge in [-0.05, 0) is 38.5 Å². The van der Waals surface area contributed by atoms with E-state index in [0.29, 0.717) is 41.2 Å². The van der Waals surface area contributed by atoms with Gasteiger partial charge in [0.15, 0.2) is 28.8 Å². The fourth-order valence-electron chi connectivity index (χ4n) is 4.30. The Balaban J connectivity index is 1.66. The molecule has 1 N–H and O–H groups in total. The highest BCUT2D eigenvalue weighted by Crippen LogP contribution is 2.45. The summed E-state index contributed by atoms with van der Waals surface area (Å²) >= 11 is 0. The molecule has 33 heavy (non-hydrogen) atoms. The van der Waals surface area contributed by atoms with Crippen LogP contribution in [0, 0.1) is 13.8 Å². The third-order valence-electron chi connectivity index (χ3n) is 5.78. The lowest BCUT2D eigenvalue weighted by Gasteiger charge is -2.26. The summed E-state index contributed by atoms with van der Waals surface area (Å²) < 4.78 is 15.0. The Labute approximate surface area is 190 Å². The molecule has 4 aromatic rings. The van der Waals surface area contributed by atoms with E-state index in [4.69, 9.17) is 14.6 Å². The van der Waals surface area contributed by atoms with Gasteiger partial charge in [0.2, 0.25) is 5.91 Å². The van der Waals surface area contributed by atoms with Gasteiger partial charge in [-0.1, -0.05) is 19.1 Å². The monoisotopic (exact) mass is 447 g/mol. The molecule has 10 heteroatoms. The van der Waals surface area contributed by atoms with E-state index >= 15 is 0 Å². The summed E-state index contributed by atoms with van der Waals surface area (Å²) in [5, 5.41) is 20.5. The number of benzene rings is 1. The minimum Gasteiger partial charge on any atom is -0.493 e. The number of carbonyl (C=O) groups is 1. The fourth-order valence-corrected chi connectivity index (χ4v) is 4.30. The summed E-state index contributed by atoms with van der Waals surface area (Å²) in [6, 6.07) is 9.42. The van der Waals surface area contributed by atoms with E-state index in [1.165, 1.54) is 0 Å². The van der Waals surface area contributed by atoms with Crippen LogP contribution in [0.3, 0.4) is 0 Å². The smallest absolute Gasteiger partial charge is 0.226 e. The number of methoxy groups -OCH3 is 1. The average Bonchev–Trinajstić information content (AvgIpc) is 3.36. The van der Waals surface area contributed by atoms with Gasteiger partial charge in [-0.25, -0.2) is 0 Å². The number of para-hydroxylation sites is 1. The number of carbonyl (C=O) groups excluding carboxylic acids is 1. The number of anilines is 1. The van der Waals surface area contributed by atoms with Crippen molar-refractivity contribution in [2.24, 2.45) is 0 Å². The van der Waals surface area contributed by atoms with Crippen LogP contribution in [0.1, 0.15) is 48.3 Å². The first-order chi connectivity index (χ1) is 16.0. The molecule has 170 valence electrons. The minimum absolute atomic E-state index is 0.0977. The predicted molar refractivity (Wildman–Crippen MR) is 121 cm³/mol. The van der Waals surface area contributed by atoms with Crippen LogP contribution in [0.25, 0.3) is 11.5 Å². The third kappa shape index (κ3) is 3.47. The highest BCUT2D eigenvalue weighted by molar-refractivity contribution is 5.95. The molecule has 0 radical (unpaired) electrons. The van der Waals surface area contributed by atoms with Gasteiger partial charge in [-0.15, -0.1) is 15.3 Å². The summed E-state index contributed by atoms with van der Waals surface area (Å²) in [6.45, 7) is 6.38. The standard InChI is InChI=1S/C23H25N7O3/c1-5-11-33-22-15(7-6-8-17(22)32-4)16-12-20(31)24-23-21(16)13(2)27-30(23)19-10-9-18-26-25-14(3)29(18)28-19/h6-10,16H,5,11-12H2,1-4H3,(H,24,31). The van der Waals surface area contributed by atoms with Gasteiger partial charge in [-0.2, -0.15) is 14.3 Å². The Kier molecular flexibility index (Phi) is 5.20. The van der Waals surface area contributed by atoms with Crippen molar-refractivity contribution in [3.8, 4) is 17.3 Å². The Morgan fingerprint density at radius 2 is 2.00 bits per heavy atom. The highest BCUT2D eigenvalue weighted by atomic mass is 16.5. The van der Waals surface area contributed by atoms with Crippen LogP contribution in [0.4, 0.5) is 5.82 Å². The van der Waals surface area contributed by atoms with Gasteiger partial charge < -0.3 is 14.8 Å². The second kappa shape index (κ2) is 8.19. The highest BCUT2D eigenvalue weighted by Gasteiger charge is 2.35. The SMILES string of the molecule is CCCOc1c(OC)cccc1C1CC(=O)Nc2c1c(C)nn2-c1ccc2nnc(C)n2n1. The van der Waals surface area contributed by atoms with E-state index in [-0.39, 0.29) is 18.2 Å². The molecule has 1 aliphatic rings. The van der Waals surface area contributed by atoms with Gasteiger partial charge in [0.05, 0.1) is 19.4 Å². The van der Waals surface area contributed by atoms with Gasteiger partial charge in [0.1, 0.15) is 5.82 Å². The number of fused-ring (bicyclic) bond motifs is 2. The second-order valence-corrected chi connectivity index (χ2v) is 8.00. The molecule has 0 saturated heterocycles. The zero-order valence-corrected chi connectivity index (χ0v) is 19.0. The van der Waals surface area contributed by atoms with Crippen LogP contribution in [0.2, 0.25) is 0 Å². The summed E-state index contributed by atoms with van der Waals surface area (Å²) in [7, 11) is 1.62. The molecule has 5 rings (SSSR count). The molecule has 1 aliphatic heterocycles. The van der Waals surface area contributed by atoms with Crippen LogP contribution in [0.5, 0.6) is 11.5 Å². The normalized spacial score (nSPS) is 15.4. The maximum Gasteiger partial charge on any atom is 0.226 e. The van der Waals surface area contributed by atoms with Crippen molar-refractivity contribution in [1.29, 1.82) is 0 Å². The predicted octanol–water partition coefficient (Wildman–Crippen LogP) is 3.20.